The van der Waals surface area contributed by atoms with E-state index < -0.39 is 0 Å². The number of anilines is 1. The Kier molecular flexibility index (Phi) is 3.31. The molecule has 100 valence electrons. The van der Waals surface area contributed by atoms with Gasteiger partial charge in [-0.3, -0.25) is 0 Å². The van der Waals surface area contributed by atoms with Crippen molar-refractivity contribution in [3.8, 4) is 0 Å². The smallest absolute Gasteiger partial charge is 0.205 e. The van der Waals surface area contributed by atoms with Crippen molar-refractivity contribution in [1.29, 1.82) is 0 Å². The van der Waals surface area contributed by atoms with E-state index in [2.05, 4.69) is 23.1 Å². The summed E-state index contributed by atoms with van der Waals surface area (Å²) in [6, 6.07) is 0. The third kappa shape index (κ3) is 2.40. The van der Waals surface area contributed by atoms with Crippen LogP contribution in [0.15, 0.2) is 0 Å². The second kappa shape index (κ2) is 4.80. The van der Waals surface area contributed by atoms with E-state index in [-0.39, 0.29) is 0 Å². The van der Waals surface area contributed by atoms with Gasteiger partial charge in [-0.25, -0.2) is 4.98 Å². The fraction of sp³-hybridized carbons (Fsp3) is 0.857. The van der Waals surface area contributed by atoms with Gasteiger partial charge in [0.1, 0.15) is 5.82 Å². The quantitative estimate of drug-likeness (QED) is 0.837. The predicted molar refractivity (Wildman–Crippen MR) is 76.2 cm³/mol. The van der Waals surface area contributed by atoms with Crippen molar-refractivity contribution in [2.24, 2.45) is 11.3 Å². The highest BCUT2D eigenvalue weighted by Gasteiger charge is 2.40. The van der Waals surface area contributed by atoms with E-state index >= 15 is 0 Å². The fourth-order valence-corrected chi connectivity index (χ4v) is 4.17. The topological polar surface area (TPSA) is 29.0 Å². The van der Waals surface area contributed by atoms with Crippen LogP contribution in [0.5, 0.6) is 0 Å². The summed E-state index contributed by atoms with van der Waals surface area (Å²) in [5, 5.41) is 1.16. The summed E-state index contributed by atoms with van der Waals surface area (Å²) >= 11 is 1.60. The molecule has 0 radical (unpaired) electrons. The lowest BCUT2D eigenvalue weighted by atomic mass is 9.86. The number of hydrogen-bond acceptors (Lipinski definition) is 4. The van der Waals surface area contributed by atoms with Gasteiger partial charge < -0.3 is 4.90 Å². The summed E-state index contributed by atoms with van der Waals surface area (Å²) in [5.41, 5.74) is 0.629. The molecular weight excluding hydrogens is 242 g/mol. The van der Waals surface area contributed by atoms with Gasteiger partial charge in [-0.05, 0) is 30.6 Å². The number of rotatable bonds is 3. The minimum absolute atomic E-state index is 0.629. The van der Waals surface area contributed by atoms with E-state index in [1.165, 1.54) is 45.2 Å². The molecule has 18 heavy (non-hydrogen) atoms. The molecule has 2 aliphatic rings. The van der Waals surface area contributed by atoms with Gasteiger partial charge in [-0.2, -0.15) is 4.37 Å². The molecule has 0 N–H and O–H groups in total. The Morgan fingerprint density at radius 1 is 1.28 bits per heavy atom. The standard InChI is InChI=1S/C14H23N3S/c1-11(2)9-12-15-13(18-16-12)17-8-7-14(10-17)5-3-4-6-14/h11H,3-10H2,1-2H3. The largest absolute Gasteiger partial charge is 0.346 e. The first-order valence-electron chi connectivity index (χ1n) is 7.24. The maximum atomic E-state index is 4.72. The van der Waals surface area contributed by atoms with Gasteiger partial charge in [-0.15, -0.1) is 0 Å². The molecule has 0 unspecified atom stereocenters. The molecule has 1 aliphatic carbocycles. The third-order valence-electron chi connectivity index (χ3n) is 4.42. The van der Waals surface area contributed by atoms with Crippen molar-refractivity contribution in [2.75, 3.05) is 18.0 Å². The molecule has 1 aliphatic heterocycles. The van der Waals surface area contributed by atoms with Gasteiger partial charge in [0.2, 0.25) is 5.13 Å². The molecule has 2 fully saturated rings. The van der Waals surface area contributed by atoms with E-state index in [9.17, 15) is 0 Å². The predicted octanol–water partition coefficient (Wildman–Crippen LogP) is 3.51. The Hall–Kier alpha value is -0.640. The van der Waals surface area contributed by atoms with Crippen LogP contribution in [0.25, 0.3) is 0 Å². The Balaban J connectivity index is 1.67. The molecule has 0 bridgehead atoms. The van der Waals surface area contributed by atoms with Crippen LogP contribution >= 0.6 is 11.5 Å². The molecule has 1 spiro atoms. The van der Waals surface area contributed by atoms with E-state index in [0.29, 0.717) is 11.3 Å². The van der Waals surface area contributed by atoms with Crippen molar-refractivity contribution in [3.05, 3.63) is 5.82 Å². The zero-order valence-corrected chi connectivity index (χ0v) is 12.3. The summed E-state index contributed by atoms with van der Waals surface area (Å²) in [6.45, 7) is 6.87. The molecule has 1 aromatic heterocycles. The molecule has 0 atom stereocenters. The summed E-state index contributed by atoms with van der Waals surface area (Å²) in [7, 11) is 0. The maximum absolute atomic E-state index is 4.72. The molecule has 4 heteroatoms. The zero-order chi connectivity index (χ0) is 12.6. The molecule has 1 aromatic rings. The van der Waals surface area contributed by atoms with E-state index in [4.69, 9.17) is 4.98 Å². The second-order valence-electron chi connectivity index (χ2n) is 6.47. The van der Waals surface area contributed by atoms with Gasteiger partial charge in [0.25, 0.3) is 0 Å². The minimum atomic E-state index is 0.629. The van der Waals surface area contributed by atoms with Gasteiger partial charge >= 0.3 is 0 Å². The second-order valence-corrected chi connectivity index (χ2v) is 7.20. The van der Waals surface area contributed by atoms with Gasteiger partial charge in [0.15, 0.2) is 0 Å². The van der Waals surface area contributed by atoms with Crippen LogP contribution in [0, 0.1) is 11.3 Å². The summed E-state index contributed by atoms with van der Waals surface area (Å²) in [5.74, 6) is 1.68. The highest BCUT2D eigenvalue weighted by molar-refractivity contribution is 7.09. The average Bonchev–Trinajstić information content (AvgIpc) is 3.01. The number of nitrogens with zero attached hydrogens (tertiary/aromatic N) is 3. The Bertz CT molecular complexity index is 407. The van der Waals surface area contributed by atoms with E-state index in [1.54, 1.807) is 11.5 Å². The highest BCUT2D eigenvalue weighted by Crippen LogP contribution is 2.46. The Labute approximate surface area is 114 Å². The van der Waals surface area contributed by atoms with Crippen LogP contribution in [-0.4, -0.2) is 22.4 Å². The summed E-state index contributed by atoms with van der Waals surface area (Å²) < 4.78 is 4.50. The van der Waals surface area contributed by atoms with E-state index in [1.807, 2.05) is 0 Å². The summed E-state index contributed by atoms with van der Waals surface area (Å²) in [6.07, 6.45) is 8.11. The molecule has 0 aromatic carbocycles. The number of hydrogen-bond donors (Lipinski definition) is 0. The first kappa shape index (κ1) is 12.4. The molecule has 3 rings (SSSR count). The monoisotopic (exact) mass is 265 g/mol. The molecule has 3 nitrogen and oxygen atoms in total. The van der Waals surface area contributed by atoms with Crippen LogP contribution < -0.4 is 4.90 Å². The normalized spacial score (nSPS) is 22.5. The van der Waals surface area contributed by atoms with Crippen molar-refractivity contribution >= 4 is 16.7 Å². The minimum Gasteiger partial charge on any atom is -0.346 e. The SMILES string of the molecule is CC(C)Cc1nsc(N2CCC3(CCCC3)C2)n1. The van der Waals surface area contributed by atoms with Crippen molar-refractivity contribution in [2.45, 2.75) is 52.4 Å². The van der Waals surface area contributed by atoms with Crippen LogP contribution in [0.1, 0.15) is 51.8 Å². The van der Waals surface area contributed by atoms with Crippen LogP contribution in [0.3, 0.4) is 0 Å². The fourth-order valence-electron chi connectivity index (χ4n) is 3.45. The van der Waals surface area contributed by atoms with Crippen molar-refractivity contribution < 1.29 is 0 Å². The lowest BCUT2D eigenvalue weighted by Crippen LogP contribution is -2.24. The Morgan fingerprint density at radius 2 is 2.06 bits per heavy atom. The third-order valence-corrected chi connectivity index (χ3v) is 5.24. The first-order chi connectivity index (χ1) is 8.67. The van der Waals surface area contributed by atoms with Crippen LogP contribution in [0.2, 0.25) is 0 Å². The van der Waals surface area contributed by atoms with Crippen LogP contribution in [-0.2, 0) is 6.42 Å². The van der Waals surface area contributed by atoms with Gasteiger partial charge in [0.05, 0.1) is 0 Å². The van der Waals surface area contributed by atoms with Crippen LogP contribution in [0.4, 0.5) is 5.13 Å². The van der Waals surface area contributed by atoms with Crippen molar-refractivity contribution in [3.63, 3.8) is 0 Å². The summed E-state index contributed by atoms with van der Waals surface area (Å²) in [4.78, 5) is 7.20. The molecule has 1 saturated carbocycles. The molecule has 2 heterocycles. The lowest BCUT2D eigenvalue weighted by Gasteiger charge is -2.22. The molecule has 0 amide bonds. The Morgan fingerprint density at radius 3 is 2.78 bits per heavy atom. The highest BCUT2D eigenvalue weighted by atomic mass is 32.1. The maximum Gasteiger partial charge on any atom is 0.205 e. The van der Waals surface area contributed by atoms with Gasteiger partial charge in [-0.1, -0.05) is 26.7 Å². The van der Waals surface area contributed by atoms with Crippen molar-refractivity contribution in [1.82, 2.24) is 9.36 Å². The first-order valence-corrected chi connectivity index (χ1v) is 8.02. The lowest BCUT2D eigenvalue weighted by molar-refractivity contribution is 0.341. The molecular formula is C14H23N3S. The zero-order valence-electron chi connectivity index (χ0n) is 11.5. The molecule has 1 saturated heterocycles. The van der Waals surface area contributed by atoms with Gasteiger partial charge in [0, 0.05) is 31.0 Å². The van der Waals surface area contributed by atoms with E-state index in [0.717, 1.165) is 17.4 Å². The number of aromatic nitrogens is 2. The average molecular weight is 265 g/mol.